The van der Waals surface area contributed by atoms with Crippen LogP contribution in [0.4, 0.5) is 19.3 Å². The van der Waals surface area contributed by atoms with Gasteiger partial charge < -0.3 is 15.7 Å². The first-order valence-corrected chi connectivity index (χ1v) is 6.77. The molecule has 1 fully saturated rings. The summed E-state index contributed by atoms with van der Waals surface area (Å²) in [5.41, 5.74) is -0.762. The zero-order valence-electron chi connectivity index (χ0n) is 11.3. The van der Waals surface area contributed by atoms with Gasteiger partial charge in [-0.25, -0.2) is 18.4 Å². The first-order chi connectivity index (χ1) is 9.97. The third-order valence-corrected chi connectivity index (χ3v) is 3.48. The summed E-state index contributed by atoms with van der Waals surface area (Å²) in [5.74, 6) is -3.93. The standard InChI is InChI=1S/C14H16F2N2O3/c15-10-6-9(13(19)20)12(7-11(10)16)18-14(21)17-8-4-2-1-3-5-8/h6-8H,1-5H2,(H,19,20)(H2,17,18,21). The van der Waals surface area contributed by atoms with Gasteiger partial charge in [0, 0.05) is 12.1 Å². The van der Waals surface area contributed by atoms with Gasteiger partial charge in [0.2, 0.25) is 0 Å². The highest BCUT2D eigenvalue weighted by atomic mass is 19.2. The SMILES string of the molecule is O=C(Nc1cc(F)c(F)cc1C(=O)O)NC1CCCCC1. The van der Waals surface area contributed by atoms with E-state index in [0.717, 1.165) is 32.1 Å². The number of benzene rings is 1. The number of carbonyl (C=O) groups is 2. The third kappa shape index (κ3) is 3.90. The van der Waals surface area contributed by atoms with Crippen molar-refractivity contribution in [3.05, 3.63) is 29.3 Å². The average Bonchev–Trinajstić information content (AvgIpc) is 2.43. The minimum atomic E-state index is -1.44. The molecule has 0 bridgehead atoms. The van der Waals surface area contributed by atoms with Crippen LogP contribution in [-0.4, -0.2) is 23.1 Å². The van der Waals surface area contributed by atoms with Crippen molar-refractivity contribution in [2.24, 2.45) is 0 Å². The number of carboxylic acid groups (broad SMARTS) is 1. The second kappa shape index (κ2) is 6.51. The van der Waals surface area contributed by atoms with Crippen LogP contribution in [-0.2, 0) is 0 Å². The Bertz CT molecular complexity index is 557. The van der Waals surface area contributed by atoms with Crippen molar-refractivity contribution in [2.45, 2.75) is 38.1 Å². The van der Waals surface area contributed by atoms with Gasteiger partial charge in [0.1, 0.15) is 0 Å². The van der Waals surface area contributed by atoms with Crippen molar-refractivity contribution in [3.63, 3.8) is 0 Å². The number of hydrogen-bond donors (Lipinski definition) is 3. The van der Waals surface area contributed by atoms with E-state index in [1.807, 2.05) is 0 Å². The Labute approximate surface area is 120 Å². The zero-order valence-corrected chi connectivity index (χ0v) is 11.3. The summed E-state index contributed by atoms with van der Waals surface area (Å²) in [6.45, 7) is 0. The number of carbonyl (C=O) groups excluding carboxylic acids is 1. The lowest BCUT2D eigenvalue weighted by atomic mass is 9.96. The fourth-order valence-corrected chi connectivity index (χ4v) is 2.42. The van der Waals surface area contributed by atoms with Gasteiger partial charge in [0.25, 0.3) is 0 Å². The number of halogens is 2. The number of carboxylic acids is 1. The summed E-state index contributed by atoms with van der Waals surface area (Å²) in [6.07, 6.45) is 4.90. The second-order valence-electron chi connectivity index (χ2n) is 5.05. The molecule has 0 radical (unpaired) electrons. The molecule has 0 unspecified atom stereocenters. The number of anilines is 1. The molecular weight excluding hydrogens is 282 g/mol. The Morgan fingerprint density at radius 2 is 1.71 bits per heavy atom. The number of hydrogen-bond acceptors (Lipinski definition) is 2. The molecular formula is C14H16F2N2O3. The maximum Gasteiger partial charge on any atom is 0.337 e. The smallest absolute Gasteiger partial charge is 0.337 e. The summed E-state index contributed by atoms with van der Waals surface area (Å²) in [5, 5.41) is 13.9. The fourth-order valence-electron chi connectivity index (χ4n) is 2.42. The van der Waals surface area contributed by atoms with E-state index in [1.165, 1.54) is 0 Å². The van der Waals surface area contributed by atoms with Gasteiger partial charge in [-0.05, 0) is 18.9 Å². The van der Waals surface area contributed by atoms with Gasteiger partial charge in [-0.15, -0.1) is 0 Å². The molecule has 1 aliphatic carbocycles. The van der Waals surface area contributed by atoms with Gasteiger partial charge in [-0.3, -0.25) is 0 Å². The van der Waals surface area contributed by atoms with Crippen LogP contribution in [0.3, 0.4) is 0 Å². The molecule has 2 amide bonds. The van der Waals surface area contributed by atoms with E-state index in [4.69, 9.17) is 5.11 Å². The van der Waals surface area contributed by atoms with Crippen LogP contribution in [0, 0.1) is 11.6 Å². The molecule has 114 valence electrons. The highest BCUT2D eigenvalue weighted by molar-refractivity contribution is 6.00. The van der Waals surface area contributed by atoms with E-state index in [1.54, 1.807) is 0 Å². The molecule has 1 aliphatic rings. The molecule has 0 atom stereocenters. The highest BCUT2D eigenvalue weighted by Crippen LogP contribution is 2.21. The quantitative estimate of drug-likeness (QED) is 0.802. The molecule has 1 aromatic rings. The van der Waals surface area contributed by atoms with Crippen LogP contribution in [0.1, 0.15) is 42.5 Å². The van der Waals surface area contributed by atoms with Crippen LogP contribution in [0.2, 0.25) is 0 Å². The summed E-state index contributed by atoms with van der Waals surface area (Å²) < 4.78 is 26.3. The lowest BCUT2D eigenvalue weighted by molar-refractivity contribution is 0.0697. The van der Waals surface area contributed by atoms with E-state index in [2.05, 4.69) is 10.6 Å². The van der Waals surface area contributed by atoms with Gasteiger partial charge in [0.05, 0.1) is 11.3 Å². The van der Waals surface area contributed by atoms with Crippen molar-refractivity contribution in [1.29, 1.82) is 0 Å². The zero-order chi connectivity index (χ0) is 15.4. The van der Waals surface area contributed by atoms with Crippen LogP contribution >= 0.6 is 0 Å². The molecule has 1 saturated carbocycles. The van der Waals surface area contributed by atoms with Gasteiger partial charge in [-0.2, -0.15) is 0 Å². The maximum atomic E-state index is 13.2. The summed E-state index contributed by atoms with van der Waals surface area (Å²) in [6, 6.07) is 0.625. The second-order valence-corrected chi connectivity index (χ2v) is 5.05. The normalized spacial score (nSPS) is 15.5. The Balaban J connectivity index is 2.09. The summed E-state index contributed by atoms with van der Waals surface area (Å²) in [4.78, 5) is 22.8. The maximum absolute atomic E-state index is 13.2. The minimum Gasteiger partial charge on any atom is -0.478 e. The Morgan fingerprint density at radius 3 is 2.33 bits per heavy atom. The summed E-state index contributed by atoms with van der Waals surface area (Å²) >= 11 is 0. The molecule has 0 heterocycles. The molecule has 1 aromatic carbocycles. The largest absolute Gasteiger partial charge is 0.478 e. The van der Waals surface area contributed by atoms with Crippen LogP contribution in [0.5, 0.6) is 0 Å². The minimum absolute atomic E-state index is 0.0253. The van der Waals surface area contributed by atoms with Crippen molar-refractivity contribution in [2.75, 3.05) is 5.32 Å². The van der Waals surface area contributed by atoms with Crippen LogP contribution in [0.25, 0.3) is 0 Å². The average molecular weight is 298 g/mol. The third-order valence-electron chi connectivity index (χ3n) is 3.48. The molecule has 0 aromatic heterocycles. The number of urea groups is 1. The first-order valence-electron chi connectivity index (χ1n) is 6.77. The Hall–Kier alpha value is -2.18. The van der Waals surface area contributed by atoms with Crippen LogP contribution in [0.15, 0.2) is 12.1 Å². The Morgan fingerprint density at radius 1 is 1.10 bits per heavy atom. The van der Waals surface area contributed by atoms with Gasteiger partial charge >= 0.3 is 12.0 Å². The lowest BCUT2D eigenvalue weighted by Gasteiger charge is -2.23. The summed E-state index contributed by atoms with van der Waals surface area (Å²) in [7, 11) is 0. The van der Waals surface area contributed by atoms with Gasteiger partial charge in [-0.1, -0.05) is 19.3 Å². The molecule has 0 aliphatic heterocycles. The first kappa shape index (κ1) is 15.2. The van der Waals surface area contributed by atoms with E-state index < -0.39 is 29.2 Å². The monoisotopic (exact) mass is 298 g/mol. The number of amides is 2. The molecule has 0 saturated heterocycles. The Kier molecular flexibility index (Phi) is 4.72. The van der Waals surface area contributed by atoms with Crippen molar-refractivity contribution >= 4 is 17.7 Å². The van der Waals surface area contributed by atoms with Crippen molar-refractivity contribution in [1.82, 2.24) is 5.32 Å². The fraction of sp³-hybridized carbons (Fsp3) is 0.429. The highest BCUT2D eigenvalue weighted by Gasteiger charge is 2.19. The van der Waals surface area contributed by atoms with Crippen molar-refractivity contribution in [3.8, 4) is 0 Å². The molecule has 3 N–H and O–H groups in total. The molecule has 7 heteroatoms. The number of nitrogens with one attached hydrogen (secondary N) is 2. The molecule has 5 nitrogen and oxygen atoms in total. The number of rotatable bonds is 3. The topological polar surface area (TPSA) is 78.4 Å². The predicted octanol–water partition coefficient (Wildman–Crippen LogP) is 3.12. The number of aromatic carboxylic acids is 1. The molecule has 21 heavy (non-hydrogen) atoms. The van der Waals surface area contributed by atoms with Crippen LogP contribution < -0.4 is 10.6 Å². The van der Waals surface area contributed by atoms with E-state index in [9.17, 15) is 18.4 Å². The molecule has 2 rings (SSSR count). The van der Waals surface area contributed by atoms with E-state index in [0.29, 0.717) is 12.1 Å². The van der Waals surface area contributed by atoms with E-state index >= 15 is 0 Å². The lowest BCUT2D eigenvalue weighted by Crippen LogP contribution is -2.39. The predicted molar refractivity (Wildman–Crippen MR) is 72.3 cm³/mol. The molecule has 0 spiro atoms. The van der Waals surface area contributed by atoms with Gasteiger partial charge in [0.15, 0.2) is 11.6 Å². The van der Waals surface area contributed by atoms with Crippen molar-refractivity contribution < 1.29 is 23.5 Å². The van der Waals surface area contributed by atoms with E-state index in [-0.39, 0.29) is 11.7 Å².